The minimum atomic E-state index is -4.83. The summed E-state index contributed by atoms with van der Waals surface area (Å²) in [5.41, 5.74) is -2.80. The summed E-state index contributed by atoms with van der Waals surface area (Å²) in [7, 11) is 0. The largest absolute Gasteiger partial charge is 0.418 e. The lowest BCUT2D eigenvalue weighted by molar-refractivity contribution is -0.137. The smallest absolute Gasteiger partial charge is 0.393 e. The summed E-state index contributed by atoms with van der Waals surface area (Å²) < 4.78 is 40.1. The van der Waals surface area contributed by atoms with Crippen molar-refractivity contribution in [1.29, 1.82) is 0 Å². The van der Waals surface area contributed by atoms with Gasteiger partial charge in [0.05, 0.1) is 11.7 Å². The highest BCUT2D eigenvalue weighted by Gasteiger charge is 2.36. The summed E-state index contributed by atoms with van der Waals surface area (Å²) in [6.07, 6.45) is -5.28. The number of aromatic amines is 1. The molecule has 6 nitrogen and oxygen atoms in total. The van der Waals surface area contributed by atoms with Crippen LogP contribution in [0.1, 0.15) is 18.9 Å². The number of carbonyl (C=O) groups is 1. The number of hydrogen-bond donors (Lipinski definition) is 4. The summed E-state index contributed by atoms with van der Waals surface area (Å²) in [6, 6.07) is 7.88. The second kappa shape index (κ2) is 8.05. The van der Waals surface area contributed by atoms with Gasteiger partial charge in [0, 0.05) is 12.2 Å². The zero-order valence-electron chi connectivity index (χ0n) is 13.9. The molecular formula is C17H18F3N3O3. The van der Waals surface area contributed by atoms with Gasteiger partial charge in [-0.2, -0.15) is 13.2 Å². The molecule has 2 amide bonds. The third-order valence-corrected chi connectivity index (χ3v) is 3.51. The number of alkyl halides is 3. The van der Waals surface area contributed by atoms with E-state index in [1.54, 1.807) is 30.3 Å². The van der Waals surface area contributed by atoms with Crippen molar-refractivity contribution >= 4 is 11.7 Å². The van der Waals surface area contributed by atoms with Crippen LogP contribution in [0.5, 0.6) is 0 Å². The Labute approximate surface area is 147 Å². The minimum absolute atomic E-state index is 0.0111. The third kappa shape index (κ3) is 5.09. The topological polar surface area (TPSA) is 94.2 Å². The molecule has 0 saturated carbocycles. The first kappa shape index (κ1) is 19.5. The summed E-state index contributed by atoms with van der Waals surface area (Å²) in [4.78, 5) is 26.3. The predicted octanol–water partition coefficient (Wildman–Crippen LogP) is 2.95. The van der Waals surface area contributed by atoms with Crippen LogP contribution in [-0.4, -0.2) is 28.8 Å². The molecule has 26 heavy (non-hydrogen) atoms. The van der Waals surface area contributed by atoms with Gasteiger partial charge < -0.3 is 20.7 Å². The normalized spacial score (nSPS) is 12.5. The molecule has 0 aliphatic heterocycles. The Balaban J connectivity index is 2.34. The van der Waals surface area contributed by atoms with Crippen molar-refractivity contribution in [3.63, 3.8) is 0 Å². The maximum Gasteiger partial charge on any atom is 0.418 e. The maximum atomic E-state index is 13.4. The number of halogens is 3. The van der Waals surface area contributed by atoms with Gasteiger partial charge in [0.15, 0.2) is 0 Å². The van der Waals surface area contributed by atoms with Crippen molar-refractivity contribution in [1.82, 2.24) is 10.3 Å². The van der Waals surface area contributed by atoms with Crippen molar-refractivity contribution < 1.29 is 23.1 Å². The second-order valence-corrected chi connectivity index (χ2v) is 5.68. The molecule has 9 heteroatoms. The van der Waals surface area contributed by atoms with Crippen LogP contribution in [0.2, 0.25) is 0 Å². The number of aromatic nitrogens is 1. The number of amides is 2. The molecule has 0 spiro atoms. The number of benzene rings is 1. The van der Waals surface area contributed by atoms with E-state index in [2.05, 4.69) is 10.3 Å². The summed E-state index contributed by atoms with van der Waals surface area (Å²) in [5.74, 6) is 0. The van der Waals surface area contributed by atoms with Crippen molar-refractivity contribution in [2.45, 2.75) is 25.6 Å². The number of urea groups is 1. The fraction of sp³-hybridized carbons (Fsp3) is 0.294. The molecule has 2 rings (SSSR count). The van der Waals surface area contributed by atoms with Gasteiger partial charge in [-0.25, -0.2) is 4.79 Å². The number of hydrogen-bond acceptors (Lipinski definition) is 3. The van der Waals surface area contributed by atoms with Gasteiger partial charge in [-0.05, 0) is 25.0 Å². The van der Waals surface area contributed by atoms with E-state index < -0.39 is 35.1 Å². The lowest BCUT2D eigenvalue weighted by atomic mass is 10.1. The molecule has 0 aliphatic rings. The van der Waals surface area contributed by atoms with Gasteiger partial charge in [0.25, 0.3) is 5.56 Å². The molecule has 0 saturated heterocycles. The Morgan fingerprint density at radius 1 is 1.27 bits per heavy atom. The average molecular weight is 369 g/mol. The average Bonchev–Trinajstić information content (AvgIpc) is 2.56. The first-order chi connectivity index (χ1) is 12.2. The van der Waals surface area contributed by atoms with E-state index >= 15 is 0 Å². The molecule has 1 atom stereocenters. The van der Waals surface area contributed by atoms with Gasteiger partial charge in [-0.1, -0.05) is 30.3 Å². The quantitative estimate of drug-likeness (QED) is 0.653. The molecule has 0 fully saturated rings. The number of nitrogens with one attached hydrogen (secondary N) is 3. The fourth-order valence-electron chi connectivity index (χ4n) is 2.23. The second-order valence-electron chi connectivity index (χ2n) is 5.68. The zero-order chi connectivity index (χ0) is 19.3. The maximum absolute atomic E-state index is 13.4. The van der Waals surface area contributed by atoms with Crippen molar-refractivity contribution in [2.24, 2.45) is 0 Å². The number of H-pyrrole nitrogens is 1. The van der Waals surface area contributed by atoms with Crippen LogP contribution in [-0.2, 0) is 6.18 Å². The fourth-order valence-corrected chi connectivity index (χ4v) is 2.23. The van der Waals surface area contributed by atoms with Gasteiger partial charge >= 0.3 is 12.2 Å². The van der Waals surface area contributed by atoms with E-state index in [0.717, 1.165) is 6.07 Å². The van der Waals surface area contributed by atoms with Crippen LogP contribution in [0.4, 0.5) is 23.7 Å². The lowest BCUT2D eigenvalue weighted by Crippen LogP contribution is -2.34. The highest BCUT2D eigenvalue weighted by atomic mass is 19.4. The molecular weight excluding hydrogens is 351 g/mol. The number of anilines is 1. The van der Waals surface area contributed by atoms with E-state index in [1.807, 2.05) is 5.32 Å². The third-order valence-electron chi connectivity index (χ3n) is 3.51. The lowest BCUT2D eigenvalue weighted by Gasteiger charge is -2.15. The Hall–Kier alpha value is -2.81. The van der Waals surface area contributed by atoms with Crippen LogP contribution in [0.3, 0.4) is 0 Å². The Morgan fingerprint density at radius 3 is 2.50 bits per heavy atom. The van der Waals surface area contributed by atoms with Crippen LogP contribution in [0, 0.1) is 0 Å². The van der Waals surface area contributed by atoms with E-state index in [9.17, 15) is 22.8 Å². The molecule has 1 unspecified atom stereocenters. The van der Waals surface area contributed by atoms with Crippen LogP contribution in [0.25, 0.3) is 11.3 Å². The number of aliphatic hydroxyl groups excluding tert-OH is 1. The molecule has 1 aromatic heterocycles. The van der Waals surface area contributed by atoms with Gasteiger partial charge in [-0.3, -0.25) is 4.79 Å². The predicted molar refractivity (Wildman–Crippen MR) is 90.8 cm³/mol. The van der Waals surface area contributed by atoms with Gasteiger partial charge in [0.1, 0.15) is 5.69 Å². The van der Waals surface area contributed by atoms with Crippen molar-refractivity contribution in [2.75, 3.05) is 11.9 Å². The molecule has 140 valence electrons. The number of rotatable bonds is 5. The van der Waals surface area contributed by atoms with Crippen LogP contribution < -0.4 is 16.2 Å². The molecule has 0 radical (unpaired) electrons. The molecule has 1 heterocycles. The Bertz CT molecular complexity index is 817. The van der Waals surface area contributed by atoms with Crippen molar-refractivity contribution in [3.8, 4) is 11.3 Å². The van der Waals surface area contributed by atoms with E-state index in [4.69, 9.17) is 5.11 Å². The minimum Gasteiger partial charge on any atom is -0.393 e. The number of aliphatic hydroxyl groups is 1. The first-order valence-electron chi connectivity index (χ1n) is 7.81. The monoisotopic (exact) mass is 369 g/mol. The SMILES string of the molecule is CC(O)CCNC(=O)Nc1c(C(F)(F)F)cc(-c2ccccc2)[nH]c1=O. The highest BCUT2D eigenvalue weighted by Crippen LogP contribution is 2.35. The van der Waals surface area contributed by atoms with Crippen molar-refractivity contribution in [3.05, 3.63) is 52.3 Å². The number of pyridine rings is 1. The first-order valence-corrected chi connectivity index (χ1v) is 7.81. The van der Waals surface area contributed by atoms with Crippen LogP contribution in [0.15, 0.2) is 41.2 Å². The Morgan fingerprint density at radius 2 is 1.92 bits per heavy atom. The molecule has 4 N–H and O–H groups in total. The molecule has 0 bridgehead atoms. The highest BCUT2D eigenvalue weighted by molar-refractivity contribution is 5.90. The molecule has 0 aliphatic carbocycles. The molecule has 2 aromatic rings. The standard InChI is InChI=1S/C17H18F3N3O3/c1-10(24)7-8-21-16(26)23-14-12(17(18,19)20)9-13(22-15(14)25)11-5-3-2-4-6-11/h2-6,9-10,24H,7-8H2,1H3,(H,22,25)(H2,21,23,26). The summed E-state index contributed by atoms with van der Waals surface area (Å²) >= 11 is 0. The van der Waals surface area contributed by atoms with E-state index in [-0.39, 0.29) is 18.7 Å². The summed E-state index contributed by atoms with van der Waals surface area (Å²) in [6.45, 7) is 1.55. The van der Waals surface area contributed by atoms with E-state index in [0.29, 0.717) is 5.56 Å². The zero-order valence-corrected chi connectivity index (χ0v) is 13.9. The Kier molecular flexibility index (Phi) is 6.04. The van der Waals surface area contributed by atoms with Gasteiger partial charge in [0.2, 0.25) is 0 Å². The van der Waals surface area contributed by atoms with Crippen LogP contribution >= 0.6 is 0 Å². The van der Waals surface area contributed by atoms with Gasteiger partial charge in [-0.15, -0.1) is 0 Å². The molecule has 1 aromatic carbocycles. The van der Waals surface area contributed by atoms with E-state index in [1.165, 1.54) is 6.92 Å². The summed E-state index contributed by atoms with van der Waals surface area (Å²) in [5, 5.41) is 13.3. The number of carbonyl (C=O) groups excluding carboxylic acids is 1.